The Morgan fingerprint density at radius 3 is 2.53 bits per heavy atom. The van der Waals surface area contributed by atoms with E-state index in [1.54, 1.807) is 12.1 Å². The van der Waals surface area contributed by atoms with Gasteiger partial charge in [0.2, 0.25) is 0 Å². The molecule has 0 fully saturated rings. The minimum atomic E-state index is -0.871. The Morgan fingerprint density at radius 1 is 1.06 bits per heavy atom. The summed E-state index contributed by atoms with van der Waals surface area (Å²) in [6.07, 6.45) is 2.75. The molecule has 0 bridgehead atoms. The van der Waals surface area contributed by atoms with Crippen LogP contribution in [0.5, 0.6) is 5.75 Å². The van der Waals surface area contributed by atoms with Crippen molar-refractivity contribution >= 4 is 23.0 Å². The molecule has 1 N–H and O–H groups in total. The highest BCUT2D eigenvalue weighted by molar-refractivity contribution is 5.91. The fourth-order valence-corrected chi connectivity index (χ4v) is 3.76. The first kappa shape index (κ1) is 25.0. The molecule has 3 rings (SSSR count). The number of fused-ring (bicyclic) bond motifs is 1. The van der Waals surface area contributed by atoms with Crippen LogP contribution in [0.3, 0.4) is 0 Å². The Kier molecular flexibility index (Phi) is 8.85. The van der Waals surface area contributed by atoms with Gasteiger partial charge in [-0.05, 0) is 48.6 Å². The number of benzene rings is 2. The number of carbonyl (C=O) groups is 2. The maximum absolute atomic E-state index is 13.1. The van der Waals surface area contributed by atoms with Crippen LogP contribution in [0.2, 0.25) is 0 Å². The van der Waals surface area contributed by atoms with E-state index in [4.69, 9.17) is 13.9 Å². The predicted molar refractivity (Wildman–Crippen MR) is 130 cm³/mol. The molecule has 180 valence electrons. The van der Waals surface area contributed by atoms with Crippen LogP contribution < -0.4 is 15.7 Å². The van der Waals surface area contributed by atoms with E-state index in [0.717, 1.165) is 36.0 Å². The third-order valence-corrected chi connectivity index (χ3v) is 5.40. The lowest BCUT2D eigenvalue weighted by molar-refractivity contribution is -0.136. The largest absolute Gasteiger partial charge is 0.445 e. The van der Waals surface area contributed by atoms with Crippen molar-refractivity contribution in [3.8, 4) is 5.75 Å². The number of carbonyl (C=O) groups excluding carboxylic acids is 2. The fourth-order valence-electron chi connectivity index (χ4n) is 3.76. The van der Waals surface area contributed by atoms with Crippen LogP contribution in [-0.4, -0.2) is 18.1 Å². The number of ether oxygens (including phenoxy) is 2. The van der Waals surface area contributed by atoms with E-state index in [1.807, 2.05) is 51.1 Å². The second-order valence-corrected chi connectivity index (χ2v) is 8.30. The molecule has 1 heterocycles. The van der Waals surface area contributed by atoms with Crippen molar-refractivity contribution in [3.05, 3.63) is 75.6 Å². The number of nitrogens with one attached hydrogen (secondary N) is 1. The van der Waals surface area contributed by atoms with Crippen LogP contribution >= 0.6 is 0 Å². The highest BCUT2D eigenvalue weighted by Crippen LogP contribution is 2.31. The van der Waals surface area contributed by atoms with Gasteiger partial charge in [0.1, 0.15) is 24.0 Å². The molecule has 0 spiro atoms. The van der Waals surface area contributed by atoms with Gasteiger partial charge in [0.25, 0.3) is 0 Å². The van der Waals surface area contributed by atoms with Gasteiger partial charge in [-0.1, -0.05) is 63.4 Å². The van der Waals surface area contributed by atoms with E-state index in [9.17, 15) is 14.4 Å². The van der Waals surface area contributed by atoms with Crippen molar-refractivity contribution in [1.82, 2.24) is 5.32 Å². The number of rotatable bonds is 10. The van der Waals surface area contributed by atoms with E-state index >= 15 is 0 Å². The molecule has 34 heavy (non-hydrogen) atoms. The van der Waals surface area contributed by atoms with E-state index in [-0.39, 0.29) is 6.61 Å². The van der Waals surface area contributed by atoms with Crippen molar-refractivity contribution in [3.63, 3.8) is 0 Å². The van der Waals surface area contributed by atoms with Crippen LogP contribution in [0, 0.1) is 6.92 Å². The second-order valence-electron chi connectivity index (χ2n) is 8.30. The Labute approximate surface area is 199 Å². The van der Waals surface area contributed by atoms with Gasteiger partial charge in [-0.3, -0.25) is 0 Å². The zero-order chi connectivity index (χ0) is 24.5. The minimum Gasteiger partial charge on any atom is -0.445 e. The maximum atomic E-state index is 13.1. The summed E-state index contributed by atoms with van der Waals surface area (Å²) in [5.74, 6) is -0.279. The maximum Gasteiger partial charge on any atom is 0.408 e. The summed E-state index contributed by atoms with van der Waals surface area (Å²) in [6.45, 7) is 5.94. The SMILES string of the molecule is CCCCC(NC(=O)OCc1ccccc1)C(=O)Oc1cc(C)cc2oc(=O)cc(CCC)c12. The van der Waals surface area contributed by atoms with Gasteiger partial charge in [-0.2, -0.15) is 0 Å². The van der Waals surface area contributed by atoms with Gasteiger partial charge < -0.3 is 19.2 Å². The summed E-state index contributed by atoms with van der Waals surface area (Å²) < 4.78 is 16.5. The lowest BCUT2D eigenvalue weighted by Gasteiger charge is -2.18. The second kappa shape index (κ2) is 12.0. The average molecular weight is 466 g/mol. The topological polar surface area (TPSA) is 94.8 Å². The molecule has 2 aromatic carbocycles. The smallest absolute Gasteiger partial charge is 0.408 e. The van der Waals surface area contributed by atoms with Crippen LogP contribution in [-0.2, 0) is 22.6 Å². The molecule has 1 aromatic heterocycles. The summed E-state index contributed by atoms with van der Waals surface area (Å²) in [5.41, 5.74) is 2.33. The van der Waals surface area contributed by atoms with Gasteiger partial charge in [-0.15, -0.1) is 0 Å². The molecule has 0 aliphatic heterocycles. The Morgan fingerprint density at radius 2 is 1.82 bits per heavy atom. The molecule has 0 saturated heterocycles. The van der Waals surface area contributed by atoms with E-state index in [1.165, 1.54) is 6.07 Å². The summed E-state index contributed by atoms with van der Waals surface area (Å²) in [4.78, 5) is 37.5. The third-order valence-electron chi connectivity index (χ3n) is 5.40. The molecular formula is C27H31NO6. The molecule has 1 amide bonds. The number of alkyl carbamates (subject to hydrolysis) is 1. The lowest BCUT2D eigenvalue weighted by Crippen LogP contribution is -2.43. The number of esters is 1. The van der Waals surface area contributed by atoms with Gasteiger partial charge in [-0.25, -0.2) is 14.4 Å². The molecule has 1 unspecified atom stereocenters. The van der Waals surface area contributed by atoms with Crippen LogP contribution in [0.15, 0.2) is 57.7 Å². The number of hydrogen-bond donors (Lipinski definition) is 1. The molecule has 0 aliphatic rings. The summed E-state index contributed by atoms with van der Waals surface area (Å²) in [6, 6.07) is 13.4. The Bertz CT molecular complexity index is 1180. The van der Waals surface area contributed by atoms with Crippen LogP contribution in [0.25, 0.3) is 11.0 Å². The predicted octanol–water partition coefficient (Wildman–Crippen LogP) is 5.44. The van der Waals surface area contributed by atoms with E-state index < -0.39 is 23.7 Å². The van der Waals surface area contributed by atoms with E-state index in [0.29, 0.717) is 29.6 Å². The normalized spacial score (nSPS) is 11.7. The number of amides is 1. The zero-order valence-electron chi connectivity index (χ0n) is 19.9. The zero-order valence-corrected chi connectivity index (χ0v) is 19.9. The monoisotopic (exact) mass is 465 g/mol. The van der Waals surface area contributed by atoms with Gasteiger partial charge in [0, 0.05) is 6.07 Å². The van der Waals surface area contributed by atoms with Gasteiger partial charge in [0.15, 0.2) is 0 Å². The molecule has 1 atom stereocenters. The van der Waals surface area contributed by atoms with Crippen molar-refractivity contribution in [2.45, 2.75) is 65.5 Å². The highest BCUT2D eigenvalue weighted by Gasteiger charge is 2.25. The summed E-state index contributed by atoms with van der Waals surface area (Å²) >= 11 is 0. The van der Waals surface area contributed by atoms with Crippen molar-refractivity contribution in [2.24, 2.45) is 0 Å². The van der Waals surface area contributed by atoms with Crippen LogP contribution in [0.4, 0.5) is 4.79 Å². The number of unbranched alkanes of at least 4 members (excludes halogenated alkanes) is 1. The molecule has 0 saturated carbocycles. The number of aryl methyl sites for hydroxylation is 2. The van der Waals surface area contributed by atoms with Crippen molar-refractivity contribution in [1.29, 1.82) is 0 Å². The average Bonchev–Trinajstić information content (AvgIpc) is 2.80. The van der Waals surface area contributed by atoms with Crippen LogP contribution in [0.1, 0.15) is 56.2 Å². The molecular weight excluding hydrogens is 434 g/mol. The van der Waals surface area contributed by atoms with Gasteiger partial charge in [0.05, 0.1) is 5.39 Å². The van der Waals surface area contributed by atoms with Crippen molar-refractivity contribution in [2.75, 3.05) is 0 Å². The fraction of sp³-hybridized carbons (Fsp3) is 0.370. The standard InChI is InChI=1S/C27H31NO6/c1-4-6-13-21(28-27(31)32-17-19-11-8-7-9-12-19)26(30)34-23-15-18(3)14-22-25(23)20(10-5-2)16-24(29)33-22/h7-9,11-12,14-16,21H,4-6,10,13,17H2,1-3H3,(H,28,31). The molecule has 7 nitrogen and oxygen atoms in total. The van der Waals surface area contributed by atoms with Crippen molar-refractivity contribution < 1.29 is 23.5 Å². The van der Waals surface area contributed by atoms with E-state index in [2.05, 4.69) is 5.32 Å². The lowest BCUT2D eigenvalue weighted by atomic mass is 10.0. The number of hydrogen-bond acceptors (Lipinski definition) is 6. The first-order valence-corrected chi connectivity index (χ1v) is 11.7. The summed E-state index contributed by atoms with van der Waals surface area (Å²) in [5, 5.41) is 3.24. The first-order valence-electron chi connectivity index (χ1n) is 11.7. The quantitative estimate of drug-likeness (QED) is 0.243. The highest BCUT2D eigenvalue weighted by atomic mass is 16.6. The summed E-state index contributed by atoms with van der Waals surface area (Å²) in [7, 11) is 0. The molecule has 0 radical (unpaired) electrons. The Hall–Kier alpha value is -3.61. The third kappa shape index (κ3) is 6.70. The molecule has 3 aromatic rings. The first-order chi connectivity index (χ1) is 16.4. The van der Waals surface area contributed by atoms with Gasteiger partial charge >= 0.3 is 17.7 Å². The minimum absolute atomic E-state index is 0.101. The molecule has 0 aliphatic carbocycles. The Balaban J connectivity index is 1.80. The molecule has 7 heteroatoms.